The Balaban J connectivity index is 1.81. The average Bonchev–Trinajstić information content (AvgIpc) is 2.75. The van der Waals surface area contributed by atoms with Gasteiger partial charge in [0.15, 0.2) is 0 Å². The zero-order chi connectivity index (χ0) is 19.8. The van der Waals surface area contributed by atoms with Crippen LogP contribution in [0.4, 0.5) is 0 Å². The van der Waals surface area contributed by atoms with Gasteiger partial charge in [0.25, 0.3) is 5.91 Å². The molecule has 0 saturated heterocycles. The van der Waals surface area contributed by atoms with Gasteiger partial charge >= 0.3 is 5.97 Å². The summed E-state index contributed by atoms with van der Waals surface area (Å²) in [5.41, 5.74) is 2.15. The van der Waals surface area contributed by atoms with E-state index in [1.165, 1.54) is 0 Å². The van der Waals surface area contributed by atoms with E-state index in [-0.39, 0.29) is 5.91 Å². The molecule has 0 fully saturated rings. The predicted molar refractivity (Wildman–Crippen MR) is 108 cm³/mol. The molecule has 5 heteroatoms. The first-order chi connectivity index (χ1) is 13.6. The number of carbonyl (C=O) groups is 2. The van der Waals surface area contributed by atoms with Crippen molar-refractivity contribution >= 4 is 17.6 Å². The van der Waals surface area contributed by atoms with E-state index in [0.29, 0.717) is 16.8 Å². The summed E-state index contributed by atoms with van der Waals surface area (Å²) in [6, 6.07) is 26.4. The molecule has 5 nitrogen and oxygen atoms in total. The minimum Gasteiger partial charge on any atom is -0.344 e. The highest BCUT2D eigenvalue weighted by Gasteiger charge is 2.18. The lowest BCUT2D eigenvalue weighted by atomic mass is 10.0. The fourth-order valence-electron chi connectivity index (χ4n) is 2.65. The normalized spacial score (nSPS) is 12.1. The predicted octanol–water partition coefficient (Wildman–Crippen LogP) is 4.07. The number of nitrogens with one attached hydrogen (secondary N) is 1. The largest absolute Gasteiger partial charge is 0.365 e. The molecule has 0 spiro atoms. The van der Waals surface area contributed by atoms with Crippen molar-refractivity contribution in [1.29, 1.82) is 0 Å². The fourth-order valence-corrected chi connectivity index (χ4v) is 2.65. The summed E-state index contributed by atoms with van der Waals surface area (Å²) < 4.78 is 0. The van der Waals surface area contributed by atoms with Gasteiger partial charge in [-0.15, -0.1) is 0 Å². The molecule has 0 heterocycles. The van der Waals surface area contributed by atoms with E-state index in [0.717, 1.165) is 5.56 Å². The van der Waals surface area contributed by atoms with E-state index in [1.54, 1.807) is 55.5 Å². The molecule has 3 aromatic carbocycles. The van der Waals surface area contributed by atoms with Crippen LogP contribution in [-0.4, -0.2) is 23.6 Å². The van der Waals surface area contributed by atoms with Crippen molar-refractivity contribution in [2.24, 2.45) is 5.16 Å². The lowest BCUT2D eigenvalue weighted by Crippen LogP contribution is -2.39. The van der Waals surface area contributed by atoms with E-state index in [4.69, 9.17) is 4.84 Å². The van der Waals surface area contributed by atoms with Gasteiger partial charge in [0, 0.05) is 11.1 Å². The Bertz CT molecular complexity index is 955. The Kier molecular flexibility index (Phi) is 6.31. The highest BCUT2D eigenvalue weighted by atomic mass is 16.7. The molecule has 0 bridgehead atoms. The van der Waals surface area contributed by atoms with Crippen LogP contribution in [0, 0.1) is 0 Å². The van der Waals surface area contributed by atoms with Gasteiger partial charge in [0.05, 0.1) is 11.6 Å². The number of carbonyl (C=O) groups excluding carboxylic acids is 2. The number of hydrogen-bond acceptors (Lipinski definition) is 4. The van der Waals surface area contributed by atoms with Crippen LogP contribution in [0.5, 0.6) is 0 Å². The van der Waals surface area contributed by atoms with E-state index < -0.39 is 12.0 Å². The van der Waals surface area contributed by atoms with Crippen molar-refractivity contribution in [3.05, 3.63) is 108 Å². The van der Waals surface area contributed by atoms with Crippen LogP contribution in [-0.2, 0) is 4.84 Å². The third kappa shape index (κ3) is 4.92. The molecule has 0 aromatic heterocycles. The van der Waals surface area contributed by atoms with Crippen LogP contribution in [0.25, 0.3) is 0 Å². The molecule has 1 unspecified atom stereocenters. The maximum absolute atomic E-state index is 12.5. The second kappa shape index (κ2) is 9.28. The Labute approximate surface area is 163 Å². The highest BCUT2D eigenvalue weighted by Crippen LogP contribution is 2.09. The van der Waals surface area contributed by atoms with Crippen LogP contribution in [0.2, 0.25) is 0 Å². The number of benzene rings is 3. The second-order valence-corrected chi connectivity index (χ2v) is 6.15. The molecule has 140 valence electrons. The zero-order valence-corrected chi connectivity index (χ0v) is 15.4. The summed E-state index contributed by atoms with van der Waals surface area (Å²) in [5.74, 6) is -0.790. The molecule has 0 saturated carbocycles. The Morgan fingerprint density at radius 1 is 0.750 bits per heavy atom. The molecule has 0 aliphatic carbocycles. The summed E-state index contributed by atoms with van der Waals surface area (Å²) in [7, 11) is 0. The Morgan fingerprint density at radius 3 is 1.75 bits per heavy atom. The van der Waals surface area contributed by atoms with E-state index in [9.17, 15) is 9.59 Å². The summed E-state index contributed by atoms with van der Waals surface area (Å²) in [5, 5.41) is 6.97. The molecule has 1 N–H and O–H groups in total. The van der Waals surface area contributed by atoms with Crippen LogP contribution >= 0.6 is 0 Å². The lowest BCUT2D eigenvalue weighted by Gasteiger charge is -2.16. The smallest absolute Gasteiger partial charge is 0.344 e. The minimum absolute atomic E-state index is 0.230. The number of rotatable bonds is 6. The van der Waals surface area contributed by atoms with E-state index in [1.807, 2.05) is 42.5 Å². The van der Waals surface area contributed by atoms with Crippen LogP contribution in [0.15, 0.2) is 96.2 Å². The molecular formula is C23H20N2O3. The van der Waals surface area contributed by atoms with Gasteiger partial charge in [-0.2, -0.15) is 0 Å². The van der Waals surface area contributed by atoms with Gasteiger partial charge in [-0.25, -0.2) is 4.79 Å². The van der Waals surface area contributed by atoms with Crippen molar-refractivity contribution in [3.63, 3.8) is 0 Å². The van der Waals surface area contributed by atoms with Crippen molar-refractivity contribution in [3.8, 4) is 0 Å². The van der Waals surface area contributed by atoms with E-state index >= 15 is 0 Å². The summed E-state index contributed by atoms with van der Waals surface area (Å²) >= 11 is 0. The Morgan fingerprint density at radius 2 is 1.21 bits per heavy atom. The topological polar surface area (TPSA) is 67.8 Å². The van der Waals surface area contributed by atoms with Gasteiger partial charge in [-0.1, -0.05) is 71.9 Å². The van der Waals surface area contributed by atoms with E-state index in [2.05, 4.69) is 10.5 Å². The van der Waals surface area contributed by atoms with Crippen LogP contribution in [0.3, 0.4) is 0 Å². The summed E-state index contributed by atoms with van der Waals surface area (Å²) in [6.45, 7) is 1.79. The van der Waals surface area contributed by atoms with Gasteiger partial charge in [0.2, 0.25) is 0 Å². The first-order valence-electron chi connectivity index (χ1n) is 8.91. The van der Waals surface area contributed by atoms with Gasteiger partial charge in [-0.05, 0) is 31.2 Å². The quantitative estimate of drug-likeness (QED) is 0.403. The number of oxime groups is 1. The fraction of sp³-hybridized carbons (Fsp3) is 0.0870. The van der Waals surface area contributed by atoms with Crippen molar-refractivity contribution in [1.82, 2.24) is 5.32 Å². The molecule has 0 aliphatic rings. The summed E-state index contributed by atoms with van der Waals surface area (Å²) in [4.78, 5) is 29.9. The lowest BCUT2D eigenvalue weighted by molar-refractivity contribution is 0.0515. The molecule has 1 amide bonds. The molecule has 0 radical (unpaired) electrons. The first-order valence-corrected chi connectivity index (χ1v) is 8.91. The third-order valence-electron chi connectivity index (χ3n) is 4.10. The number of nitrogens with zero attached hydrogens (tertiary/aromatic N) is 1. The third-order valence-corrected chi connectivity index (χ3v) is 4.10. The van der Waals surface area contributed by atoms with Crippen molar-refractivity contribution < 1.29 is 14.4 Å². The first kappa shape index (κ1) is 19.0. The molecule has 0 aliphatic heterocycles. The molecule has 1 atom stereocenters. The number of hydrogen-bond donors (Lipinski definition) is 1. The Hall–Kier alpha value is -3.73. The van der Waals surface area contributed by atoms with Crippen molar-refractivity contribution in [2.45, 2.75) is 13.0 Å². The maximum atomic E-state index is 12.5. The average molecular weight is 372 g/mol. The van der Waals surface area contributed by atoms with Crippen molar-refractivity contribution in [2.75, 3.05) is 0 Å². The zero-order valence-electron chi connectivity index (χ0n) is 15.4. The summed E-state index contributed by atoms with van der Waals surface area (Å²) in [6.07, 6.45) is 0. The van der Waals surface area contributed by atoms with Gasteiger partial charge in [0.1, 0.15) is 5.71 Å². The highest BCUT2D eigenvalue weighted by molar-refractivity contribution is 6.07. The second-order valence-electron chi connectivity index (χ2n) is 6.15. The van der Waals surface area contributed by atoms with Gasteiger partial charge < -0.3 is 10.2 Å². The van der Waals surface area contributed by atoms with Gasteiger partial charge in [-0.3, -0.25) is 4.79 Å². The van der Waals surface area contributed by atoms with Crippen LogP contribution in [0.1, 0.15) is 33.2 Å². The van der Waals surface area contributed by atoms with Crippen LogP contribution < -0.4 is 5.32 Å². The molecular weight excluding hydrogens is 352 g/mol. The maximum Gasteiger partial charge on any atom is 0.365 e. The number of amides is 1. The molecule has 3 aromatic rings. The SMILES string of the molecule is CC(NC(=O)c1ccccc1)/C(=N\OC(=O)c1ccccc1)c1ccccc1. The minimum atomic E-state index is -0.560. The monoisotopic (exact) mass is 372 g/mol. The standard InChI is InChI=1S/C23H20N2O3/c1-17(24-22(26)19-13-7-3-8-14-19)21(18-11-5-2-6-12-18)25-28-23(27)20-15-9-4-10-16-20/h2-17H,1H3,(H,24,26)/b25-21+. The molecule has 28 heavy (non-hydrogen) atoms. The molecule has 3 rings (SSSR count).